The molecule has 1 N–H and O–H groups in total. The van der Waals surface area contributed by atoms with E-state index in [1.807, 2.05) is 36.6 Å². The van der Waals surface area contributed by atoms with Gasteiger partial charge in [0, 0.05) is 18.7 Å². The fourth-order valence-electron chi connectivity index (χ4n) is 2.54. The van der Waals surface area contributed by atoms with Crippen LogP contribution in [0, 0.1) is 0 Å². The van der Waals surface area contributed by atoms with Crippen LogP contribution in [-0.4, -0.2) is 46.8 Å². The molecule has 0 bridgehead atoms. The smallest absolute Gasteiger partial charge is 0.246 e. The molecule has 2 rings (SSSR count). The van der Waals surface area contributed by atoms with Crippen molar-refractivity contribution in [1.82, 2.24) is 10.2 Å². The van der Waals surface area contributed by atoms with Crippen LogP contribution in [0.25, 0.3) is 0 Å². The van der Waals surface area contributed by atoms with Crippen LogP contribution < -0.4 is 5.32 Å². The van der Waals surface area contributed by atoms with Crippen LogP contribution >= 0.6 is 11.8 Å². The molecule has 0 saturated carbocycles. The molecule has 1 aromatic carbocycles. The number of carbonyl (C=O) groups excluding carboxylic acids is 2. The number of hydrogen-bond acceptors (Lipinski definition) is 3. The van der Waals surface area contributed by atoms with E-state index < -0.39 is 11.6 Å². The van der Waals surface area contributed by atoms with Gasteiger partial charge in [-0.15, -0.1) is 0 Å². The zero-order valence-corrected chi connectivity index (χ0v) is 13.6. The Balaban J connectivity index is 2.17. The molecule has 4 nitrogen and oxygen atoms in total. The van der Waals surface area contributed by atoms with Crippen LogP contribution in [-0.2, 0) is 16.0 Å². The van der Waals surface area contributed by atoms with Crippen molar-refractivity contribution in [3.05, 3.63) is 35.9 Å². The van der Waals surface area contributed by atoms with E-state index in [1.54, 1.807) is 30.5 Å². The molecule has 1 aromatic rings. The number of nitrogens with one attached hydrogen (secondary N) is 1. The predicted molar refractivity (Wildman–Crippen MR) is 86.3 cm³/mol. The van der Waals surface area contributed by atoms with Crippen molar-refractivity contribution >= 4 is 23.6 Å². The molecule has 0 aromatic heterocycles. The van der Waals surface area contributed by atoms with Gasteiger partial charge in [0.15, 0.2) is 0 Å². The minimum Gasteiger partial charge on any atom is -0.342 e. The van der Waals surface area contributed by atoms with E-state index in [1.165, 1.54) is 0 Å². The van der Waals surface area contributed by atoms with Gasteiger partial charge in [-0.05, 0) is 25.7 Å². The van der Waals surface area contributed by atoms with Crippen LogP contribution in [0.1, 0.15) is 19.4 Å². The summed E-state index contributed by atoms with van der Waals surface area (Å²) < 4.78 is 0. The van der Waals surface area contributed by atoms with Gasteiger partial charge < -0.3 is 10.2 Å². The average molecular weight is 306 g/mol. The van der Waals surface area contributed by atoms with Gasteiger partial charge in [-0.2, -0.15) is 11.8 Å². The second-order valence-corrected chi connectivity index (χ2v) is 6.74. The standard InChI is InChI=1S/C16H22N2O2S/c1-16(2)15(20)17-13(11-12-7-5-4-6-8-12)14(19)18(16)9-10-21-3/h4-8,13H,9-11H2,1-3H3,(H,17,20). The highest BCUT2D eigenvalue weighted by Gasteiger charge is 2.45. The lowest BCUT2D eigenvalue weighted by molar-refractivity contribution is -0.154. The lowest BCUT2D eigenvalue weighted by Crippen LogP contribution is -2.69. The number of benzene rings is 1. The lowest BCUT2D eigenvalue weighted by atomic mass is 9.93. The summed E-state index contributed by atoms with van der Waals surface area (Å²) in [6, 6.07) is 9.32. The fourth-order valence-corrected chi connectivity index (χ4v) is 2.91. The van der Waals surface area contributed by atoms with Gasteiger partial charge in [-0.1, -0.05) is 30.3 Å². The first-order valence-corrected chi connectivity index (χ1v) is 8.51. The Morgan fingerprint density at radius 1 is 1.24 bits per heavy atom. The van der Waals surface area contributed by atoms with E-state index in [4.69, 9.17) is 0 Å². The van der Waals surface area contributed by atoms with Gasteiger partial charge in [0.1, 0.15) is 11.6 Å². The average Bonchev–Trinajstić information content (AvgIpc) is 2.46. The van der Waals surface area contributed by atoms with Gasteiger partial charge in [-0.3, -0.25) is 9.59 Å². The molecule has 1 fully saturated rings. The monoisotopic (exact) mass is 306 g/mol. The van der Waals surface area contributed by atoms with E-state index in [0.717, 1.165) is 11.3 Å². The van der Waals surface area contributed by atoms with Crippen molar-refractivity contribution in [2.45, 2.75) is 31.8 Å². The number of hydrogen-bond donors (Lipinski definition) is 1. The van der Waals surface area contributed by atoms with Crippen molar-refractivity contribution in [3.8, 4) is 0 Å². The van der Waals surface area contributed by atoms with Gasteiger partial charge in [-0.25, -0.2) is 0 Å². The third-order valence-corrected chi connectivity index (χ3v) is 4.49. The highest BCUT2D eigenvalue weighted by atomic mass is 32.2. The fraction of sp³-hybridized carbons (Fsp3) is 0.500. The Kier molecular flexibility index (Phi) is 4.93. The molecule has 0 aliphatic carbocycles. The second-order valence-electron chi connectivity index (χ2n) is 5.76. The Morgan fingerprint density at radius 3 is 2.52 bits per heavy atom. The van der Waals surface area contributed by atoms with Crippen molar-refractivity contribution < 1.29 is 9.59 Å². The molecule has 1 unspecified atom stereocenters. The summed E-state index contributed by atoms with van der Waals surface area (Å²) in [7, 11) is 0. The summed E-state index contributed by atoms with van der Waals surface area (Å²) in [4.78, 5) is 26.7. The summed E-state index contributed by atoms with van der Waals surface area (Å²) in [5.74, 6) is 0.766. The molecule has 1 heterocycles. The third kappa shape index (κ3) is 3.40. The van der Waals surface area contributed by atoms with Gasteiger partial charge >= 0.3 is 0 Å². The molecular formula is C16H22N2O2S. The van der Waals surface area contributed by atoms with Crippen molar-refractivity contribution in [2.75, 3.05) is 18.6 Å². The maximum Gasteiger partial charge on any atom is 0.246 e. The highest BCUT2D eigenvalue weighted by molar-refractivity contribution is 7.98. The summed E-state index contributed by atoms with van der Waals surface area (Å²) in [5.41, 5.74) is 0.278. The summed E-state index contributed by atoms with van der Waals surface area (Å²) in [6.07, 6.45) is 2.54. The number of rotatable bonds is 5. The molecule has 1 aliphatic heterocycles. The normalized spacial score (nSPS) is 21.3. The maximum atomic E-state index is 12.7. The first kappa shape index (κ1) is 15.9. The van der Waals surface area contributed by atoms with Crippen molar-refractivity contribution in [3.63, 3.8) is 0 Å². The molecule has 5 heteroatoms. The molecule has 114 valence electrons. The topological polar surface area (TPSA) is 49.4 Å². The minimum absolute atomic E-state index is 0.0116. The van der Waals surface area contributed by atoms with Crippen LogP contribution in [0.2, 0.25) is 0 Å². The van der Waals surface area contributed by atoms with Crippen LogP contribution in [0.3, 0.4) is 0 Å². The van der Waals surface area contributed by atoms with E-state index in [0.29, 0.717) is 13.0 Å². The van der Waals surface area contributed by atoms with Crippen LogP contribution in [0.5, 0.6) is 0 Å². The van der Waals surface area contributed by atoms with E-state index in [9.17, 15) is 9.59 Å². The van der Waals surface area contributed by atoms with Crippen molar-refractivity contribution in [1.29, 1.82) is 0 Å². The molecule has 0 spiro atoms. The number of piperazine rings is 1. The molecular weight excluding hydrogens is 284 g/mol. The third-order valence-electron chi connectivity index (χ3n) is 3.90. The van der Waals surface area contributed by atoms with Crippen LogP contribution in [0.4, 0.5) is 0 Å². The van der Waals surface area contributed by atoms with Gasteiger partial charge in [0.25, 0.3) is 0 Å². The quantitative estimate of drug-likeness (QED) is 0.901. The van der Waals surface area contributed by atoms with Gasteiger partial charge in [0.2, 0.25) is 11.8 Å². The zero-order chi connectivity index (χ0) is 15.5. The molecule has 1 saturated heterocycles. The van der Waals surface area contributed by atoms with E-state index in [2.05, 4.69) is 5.32 Å². The molecule has 0 radical (unpaired) electrons. The Hall–Kier alpha value is -1.49. The predicted octanol–water partition coefficient (Wildman–Crippen LogP) is 1.70. The Morgan fingerprint density at radius 2 is 1.90 bits per heavy atom. The molecule has 1 atom stereocenters. The first-order valence-electron chi connectivity index (χ1n) is 7.12. The molecule has 1 aliphatic rings. The molecule has 2 amide bonds. The summed E-state index contributed by atoms with van der Waals surface area (Å²) in [5, 5.41) is 2.87. The Labute approximate surface area is 130 Å². The maximum absolute atomic E-state index is 12.7. The Bertz CT molecular complexity index is 516. The summed E-state index contributed by atoms with van der Waals surface area (Å²) in [6.45, 7) is 4.21. The van der Waals surface area contributed by atoms with Gasteiger partial charge in [0.05, 0.1) is 0 Å². The largest absolute Gasteiger partial charge is 0.342 e. The summed E-state index contributed by atoms with van der Waals surface area (Å²) >= 11 is 1.68. The number of thioether (sulfide) groups is 1. The SMILES string of the molecule is CSCCN1C(=O)C(Cc2ccccc2)NC(=O)C1(C)C. The van der Waals surface area contributed by atoms with Crippen molar-refractivity contribution in [2.24, 2.45) is 0 Å². The first-order chi connectivity index (χ1) is 9.96. The second kappa shape index (κ2) is 6.52. The van der Waals surface area contributed by atoms with E-state index >= 15 is 0 Å². The number of nitrogens with zero attached hydrogens (tertiary/aromatic N) is 1. The number of amides is 2. The lowest BCUT2D eigenvalue weighted by Gasteiger charge is -2.44. The number of carbonyl (C=O) groups is 2. The zero-order valence-electron chi connectivity index (χ0n) is 12.8. The molecule has 21 heavy (non-hydrogen) atoms. The van der Waals surface area contributed by atoms with E-state index in [-0.39, 0.29) is 11.8 Å². The van der Waals surface area contributed by atoms with Crippen LogP contribution in [0.15, 0.2) is 30.3 Å². The minimum atomic E-state index is -0.778. The highest BCUT2D eigenvalue weighted by Crippen LogP contribution is 2.22.